The SMILES string of the molecule is COC(=O)NCC(C(=O)N1C(c2nc3c(ccc4cc5c(cc43)OCc3cc(-c4cnc([C@@H]6CC[C@H](C)N6C(=O)[C@@H](NC(=O)OC)C(C)C)[nH]4)ccc3-5)[nH]2)CC[C@@H]1I)[C@H](C)OC. The summed E-state index contributed by atoms with van der Waals surface area (Å²) in [6, 6.07) is 13.3. The van der Waals surface area contributed by atoms with Gasteiger partial charge in [0.1, 0.15) is 30.0 Å². The van der Waals surface area contributed by atoms with Gasteiger partial charge in [-0.05, 0) is 91.8 Å². The lowest BCUT2D eigenvalue weighted by Gasteiger charge is -2.32. The second-order valence-corrected chi connectivity index (χ2v) is 18.2. The molecular formula is C45H53IN8O8. The van der Waals surface area contributed by atoms with Gasteiger partial charge < -0.3 is 49.3 Å². The van der Waals surface area contributed by atoms with E-state index < -0.39 is 30.3 Å². The van der Waals surface area contributed by atoms with Crippen molar-refractivity contribution in [2.75, 3.05) is 27.9 Å². The summed E-state index contributed by atoms with van der Waals surface area (Å²) in [5.41, 5.74) is 6.55. The van der Waals surface area contributed by atoms with Crippen molar-refractivity contribution in [2.45, 2.75) is 94.3 Å². The lowest BCUT2D eigenvalue weighted by molar-refractivity contribution is -0.141. The average Bonchev–Trinajstić information content (AvgIpc) is 4.10. The number of hydrogen-bond donors (Lipinski definition) is 4. The molecule has 17 heteroatoms. The maximum absolute atomic E-state index is 14.2. The number of rotatable bonds is 11. The molecule has 0 saturated carbocycles. The number of fused-ring (bicyclic) bond motifs is 6. The first-order valence-corrected chi connectivity index (χ1v) is 22.3. The number of carbonyl (C=O) groups excluding carboxylic acids is 4. The van der Waals surface area contributed by atoms with Crippen LogP contribution in [-0.2, 0) is 30.4 Å². The minimum Gasteiger partial charge on any atom is -0.488 e. The van der Waals surface area contributed by atoms with Gasteiger partial charge in [-0.1, -0.05) is 54.6 Å². The summed E-state index contributed by atoms with van der Waals surface area (Å²) in [6.07, 6.45) is 3.24. The van der Waals surface area contributed by atoms with E-state index in [-0.39, 0.29) is 46.5 Å². The number of nitrogens with one attached hydrogen (secondary N) is 4. The van der Waals surface area contributed by atoms with Gasteiger partial charge in [0.15, 0.2) is 0 Å². The summed E-state index contributed by atoms with van der Waals surface area (Å²) < 4.78 is 21.5. The van der Waals surface area contributed by atoms with Crippen molar-refractivity contribution in [3.05, 3.63) is 65.9 Å². The van der Waals surface area contributed by atoms with Gasteiger partial charge in [-0.3, -0.25) is 9.59 Å². The third kappa shape index (κ3) is 8.04. The summed E-state index contributed by atoms with van der Waals surface area (Å²) in [7, 11) is 4.14. The first kappa shape index (κ1) is 43.2. The second-order valence-electron chi connectivity index (χ2n) is 16.7. The summed E-state index contributed by atoms with van der Waals surface area (Å²) in [5.74, 6) is 1.16. The Bertz CT molecular complexity index is 2520. The van der Waals surface area contributed by atoms with Crippen LogP contribution < -0.4 is 15.4 Å². The monoisotopic (exact) mass is 960 g/mol. The van der Waals surface area contributed by atoms with Gasteiger partial charge in [-0.25, -0.2) is 19.6 Å². The molecule has 7 atom stereocenters. The number of ether oxygens (including phenoxy) is 4. The summed E-state index contributed by atoms with van der Waals surface area (Å²) in [6.45, 7) is 8.12. The number of alkyl carbamates (subject to hydrolysis) is 2. The maximum Gasteiger partial charge on any atom is 0.407 e. The number of aromatic nitrogens is 4. The average molecular weight is 961 g/mol. The molecule has 2 aromatic heterocycles. The predicted molar refractivity (Wildman–Crippen MR) is 240 cm³/mol. The minimum atomic E-state index is -0.721. The molecule has 5 aromatic rings. The Morgan fingerprint density at radius 2 is 1.65 bits per heavy atom. The highest BCUT2D eigenvalue weighted by Gasteiger charge is 2.43. The number of hydrogen-bond acceptors (Lipinski definition) is 10. The smallest absolute Gasteiger partial charge is 0.407 e. The number of nitrogens with zero attached hydrogens (tertiary/aromatic N) is 4. The van der Waals surface area contributed by atoms with Gasteiger partial charge in [0.25, 0.3) is 0 Å². The molecule has 8 rings (SSSR count). The van der Waals surface area contributed by atoms with Crippen LogP contribution in [0.15, 0.2) is 48.7 Å². The van der Waals surface area contributed by atoms with Crippen molar-refractivity contribution in [2.24, 2.45) is 11.8 Å². The Balaban J connectivity index is 1.04. The van der Waals surface area contributed by atoms with Crippen LogP contribution in [0.3, 0.4) is 0 Å². The molecule has 3 aromatic carbocycles. The number of aromatic amines is 2. The van der Waals surface area contributed by atoms with Crippen molar-refractivity contribution >= 4 is 68.4 Å². The number of H-pyrrole nitrogens is 2. The Hall–Kier alpha value is -5.43. The number of carbonyl (C=O) groups is 4. The molecule has 0 bridgehead atoms. The molecule has 3 aliphatic heterocycles. The third-order valence-electron chi connectivity index (χ3n) is 12.7. The lowest BCUT2D eigenvalue weighted by atomic mass is 9.92. The molecule has 0 radical (unpaired) electrons. The van der Waals surface area contributed by atoms with Crippen molar-refractivity contribution in [3.8, 4) is 28.1 Å². The highest BCUT2D eigenvalue weighted by Crippen LogP contribution is 2.45. The predicted octanol–water partition coefficient (Wildman–Crippen LogP) is 7.53. The van der Waals surface area contributed by atoms with Crippen LogP contribution in [-0.4, -0.2) is 104 Å². The van der Waals surface area contributed by atoms with Crippen LogP contribution in [0.4, 0.5) is 9.59 Å². The van der Waals surface area contributed by atoms with E-state index in [1.165, 1.54) is 14.2 Å². The van der Waals surface area contributed by atoms with Gasteiger partial charge >= 0.3 is 12.2 Å². The van der Waals surface area contributed by atoms with Crippen LogP contribution in [0.1, 0.15) is 82.7 Å². The highest BCUT2D eigenvalue weighted by atomic mass is 127. The van der Waals surface area contributed by atoms with Crippen molar-refractivity contribution in [1.82, 2.24) is 40.4 Å². The zero-order valence-corrected chi connectivity index (χ0v) is 38.1. The number of benzene rings is 3. The zero-order valence-electron chi connectivity index (χ0n) is 35.9. The van der Waals surface area contributed by atoms with E-state index >= 15 is 0 Å². The molecule has 328 valence electrons. The van der Waals surface area contributed by atoms with E-state index in [1.54, 1.807) is 7.11 Å². The number of methoxy groups -OCH3 is 3. The van der Waals surface area contributed by atoms with Gasteiger partial charge in [0, 0.05) is 30.6 Å². The van der Waals surface area contributed by atoms with E-state index in [0.29, 0.717) is 18.3 Å². The van der Waals surface area contributed by atoms with Crippen LogP contribution in [0.5, 0.6) is 5.75 Å². The summed E-state index contributed by atoms with van der Waals surface area (Å²) >= 11 is 2.31. The second kappa shape index (κ2) is 17.7. The number of imidazole rings is 2. The topological polar surface area (TPSA) is 193 Å². The molecule has 3 aliphatic rings. The van der Waals surface area contributed by atoms with Gasteiger partial charge in [0.05, 0.1) is 65.3 Å². The fraction of sp³-hybridized carbons (Fsp3) is 0.467. The number of amides is 4. The van der Waals surface area contributed by atoms with Gasteiger partial charge in [-0.15, -0.1) is 0 Å². The molecular weight excluding hydrogens is 907 g/mol. The van der Waals surface area contributed by atoms with E-state index in [2.05, 4.69) is 79.6 Å². The number of halogens is 1. The van der Waals surface area contributed by atoms with Crippen molar-refractivity contribution in [3.63, 3.8) is 0 Å². The van der Waals surface area contributed by atoms with Crippen LogP contribution >= 0.6 is 22.6 Å². The molecule has 4 N–H and O–H groups in total. The molecule has 62 heavy (non-hydrogen) atoms. The molecule has 16 nitrogen and oxygen atoms in total. The van der Waals surface area contributed by atoms with Crippen LogP contribution in [0, 0.1) is 11.8 Å². The van der Waals surface area contributed by atoms with E-state index in [4.69, 9.17) is 28.9 Å². The fourth-order valence-electron chi connectivity index (χ4n) is 9.17. The standard InChI is InChI=1S/C45H53IN8O8/c1-22(2)38(52-45(58)61-7)43(56)53-23(3)8-13-34(53)40-47-20-33(50-40)26-9-11-28-27(16-26)21-62-36-18-29-25(17-30(28)36)10-12-32-39(29)51-41(49-32)35-14-15-37(46)54(35)42(55)31(24(4)59-5)19-48-44(57)60-6/h9-12,16-18,20,22-24,31,34-35,37-38H,8,13-15,19,21H2,1-7H3,(H,47,50)(H,48,57)(H,49,51)(H,52,58)/t23-,24-,31?,34-,35?,37+,38-/m0/s1. The van der Waals surface area contributed by atoms with Gasteiger partial charge in [0.2, 0.25) is 11.8 Å². The number of alkyl halides is 1. The first-order valence-electron chi connectivity index (χ1n) is 21.1. The highest BCUT2D eigenvalue weighted by molar-refractivity contribution is 14.1. The lowest BCUT2D eigenvalue weighted by Crippen LogP contribution is -2.52. The Morgan fingerprint density at radius 1 is 0.887 bits per heavy atom. The quantitative estimate of drug-likeness (QED) is 0.0585. The molecule has 0 spiro atoms. The van der Waals surface area contributed by atoms with Gasteiger partial charge in [-0.2, -0.15) is 0 Å². The molecule has 5 heterocycles. The van der Waals surface area contributed by atoms with Crippen molar-refractivity contribution < 1.29 is 38.1 Å². The Kier molecular flexibility index (Phi) is 12.4. The van der Waals surface area contributed by atoms with E-state index in [0.717, 1.165) is 81.2 Å². The largest absolute Gasteiger partial charge is 0.488 e. The van der Waals surface area contributed by atoms with Crippen molar-refractivity contribution in [1.29, 1.82) is 0 Å². The van der Waals surface area contributed by atoms with Crippen LogP contribution in [0.25, 0.3) is 44.2 Å². The normalized spacial score (nSPS) is 21.0. The summed E-state index contributed by atoms with van der Waals surface area (Å²) in [4.78, 5) is 72.7. The molecule has 2 unspecified atom stereocenters. The zero-order chi connectivity index (χ0) is 44.0. The minimum absolute atomic E-state index is 0.0190. The Morgan fingerprint density at radius 3 is 2.39 bits per heavy atom. The molecule has 0 aliphatic carbocycles. The third-order valence-corrected chi connectivity index (χ3v) is 13.9. The number of likely N-dealkylation sites (tertiary alicyclic amines) is 2. The molecule has 4 amide bonds. The molecule has 2 fully saturated rings. The maximum atomic E-state index is 14.2. The van der Waals surface area contributed by atoms with Crippen LogP contribution in [0.2, 0.25) is 0 Å². The first-order chi connectivity index (χ1) is 29.8. The fourth-order valence-corrected chi connectivity index (χ4v) is 10.2. The molecule has 2 saturated heterocycles. The Labute approximate surface area is 373 Å². The van der Waals surface area contributed by atoms with E-state index in [1.807, 2.05) is 49.8 Å². The summed E-state index contributed by atoms with van der Waals surface area (Å²) in [5, 5.41) is 7.35. The van der Waals surface area contributed by atoms with E-state index in [9.17, 15) is 19.2 Å².